The molecule has 0 saturated carbocycles. The molecule has 5 nitrogen and oxygen atoms in total. The van der Waals surface area contributed by atoms with Gasteiger partial charge in [-0.15, -0.1) is 22.7 Å². The zero-order valence-electron chi connectivity index (χ0n) is 17.5. The molecule has 1 aromatic carbocycles. The van der Waals surface area contributed by atoms with Crippen LogP contribution in [-0.2, 0) is 5.41 Å². The molecule has 156 valence electrons. The second kappa shape index (κ2) is 7.34. The minimum Gasteiger partial charge on any atom is -0.435 e. The Morgan fingerprint density at radius 3 is 2.71 bits per heavy atom. The number of allylic oxidation sites excluding steroid dienone is 1. The molecule has 3 aromatic heterocycles. The van der Waals surface area contributed by atoms with Crippen molar-refractivity contribution in [2.24, 2.45) is 0 Å². The molecule has 0 spiro atoms. The summed E-state index contributed by atoms with van der Waals surface area (Å²) in [6.45, 7) is 5.23. The average Bonchev–Trinajstić information content (AvgIpc) is 3.49. The van der Waals surface area contributed by atoms with Crippen molar-refractivity contribution >= 4 is 50.4 Å². The Bertz CT molecular complexity index is 1330. The predicted molar refractivity (Wildman–Crippen MR) is 128 cm³/mol. The van der Waals surface area contributed by atoms with E-state index in [2.05, 4.69) is 41.9 Å². The third-order valence-corrected chi connectivity index (χ3v) is 8.26. The highest BCUT2D eigenvalue weighted by atomic mass is 32.1. The fraction of sp³-hybridized carbons (Fsp3) is 0.250. The first-order chi connectivity index (χ1) is 14.9. The van der Waals surface area contributed by atoms with Crippen LogP contribution >= 0.6 is 22.7 Å². The van der Waals surface area contributed by atoms with Crippen LogP contribution in [0.4, 0.5) is 5.00 Å². The van der Waals surface area contributed by atoms with Crippen LogP contribution in [0.2, 0.25) is 0 Å². The van der Waals surface area contributed by atoms with Crippen LogP contribution in [0.3, 0.4) is 0 Å². The number of aromatic nitrogens is 1. The number of nitriles is 1. The van der Waals surface area contributed by atoms with Crippen LogP contribution in [0.1, 0.15) is 35.7 Å². The standard InChI is InChI=1S/C24H21N3O2S2/c1-24(2)16-11-15(10-14(13-25)23-26-18-6-4-5-7-19(18)29-23)30-21(16)22-17(24)12-20(31-22)27(3)8-9-28/h4-7,10-12,28H,8-9H2,1-3H3/b14-10+. The molecule has 7 heteroatoms. The lowest BCUT2D eigenvalue weighted by atomic mass is 9.84. The number of rotatable bonds is 5. The van der Waals surface area contributed by atoms with Gasteiger partial charge in [-0.2, -0.15) is 5.26 Å². The van der Waals surface area contributed by atoms with E-state index < -0.39 is 0 Å². The van der Waals surface area contributed by atoms with E-state index in [4.69, 9.17) is 4.42 Å². The summed E-state index contributed by atoms with van der Waals surface area (Å²) in [6, 6.07) is 14.2. The van der Waals surface area contributed by atoms with Crippen molar-refractivity contribution in [3.05, 3.63) is 58.3 Å². The Kier molecular flexibility index (Phi) is 4.74. The summed E-state index contributed by atoms with van der Waals surface area (Å²) in [5.41, 5.74) is 4.35. The number of anilines is 1. The highest BCUT2D eigenvalue weighted by molar-refractivity contribution is 7.25. The molecule has 0 unspecified atom stereocenters. The first-order valence-electron chi connectivity index (χ1n) is 10.0. The summed E-state index contributed by atoms with van der Waals surface area (Å²) in [6.07, 6.45) is 1.87. The third kappa shape index (κ3) is 3.19. The first-order valence-corrected chi connectivity index (χ1v) is 11.6. The predicted octanol–water partition coefficient (Wildman–Crippen LogP) is 5.75. The Balaban J connectivity index is 1.55. The molecular formula is C24H21N3O2S2. The molecule has 3 heterocycles. The molecule has 0 atom stereocenters. The number of fused-ring (bicyclic) bond motifs is 4. The number of nitrogens with zero attached hydrogens (tertiary/aromatic N) is 3. The van der Waals surface area contributed by atoms with Crippen LogP contribution in [-0.4, -0.2) is 30.3 Å². The van der Waals surface area contributed by atoms with E-state index in [0.29, 0.717) is 23.6 Å². The van der Waals surface area contributed by atoms with E-state index in [1.807, 2.05) is 37.4 Å². The monoisotopic (exact) mass is 447 g/mol. The average molecular weight is 448 g/mol. The van der Waals surface area contributed by atoms with E-state index >= 15 is 0 Å². The van der Waals surface area contributed by atoms with Gasteiger partial charge in [0.15, 0.2) is 5.58 Å². The van der Waals surface area contributed by atoms with Crippen molar-refractivity contribution in [1.82, 2.24) is 4.98 Å². The molecule has 1 N–H and O–H groups in total. The molecule has 0 radical (unpaired) electrons. The molecule has 31 heavy (non-hydrogen) atoms. The Morgan fingerprint density at radius 2 is 1.97 bits per heavy atom. The van der Waals surface area contributed by atoms with E-state index in [0.717, 1.165) is 15.4 Å². The summed E-state index contributed by atoms with van der Waals surface area (Å²) in [7, 11) is 2.01. The van der Waals surface area contributed by atoms with Gasteiger partial charge < -0.3 is 14.4 Å². The molecule has 0 aliphatic heterocycles. The number of hydrogen-bond acceptors (Lipinski definition) is 7. The zero-order chi connectivity index (χ0) is 21.8. The van der Waals surface area contributed by atoms with Crippen molar-refractivity contribution in [2.75, 3.05) is 25.1 Å². The normalized spacial score (nSPS) is 14.5. The largest absolute Gasteiger partial charge is 0.435 e. The smallest absolute Gasteiger partial charge is 0.238 e. The Morgan fingerprint density at radius 1 is 1.23 bits per heavy atom. The van der Waals surface area contributed by atoms with Gasteiger partial charge in [0.1, 0.15) is 17.2 Å². The highest BCUT2D eigenvalue weighted by Gasteiger charge is 2.39. The summed E-state index contributed by atoms with van der Waals surface area (Å²) < 4.78 is 5.80. The van der Waals surface area contributed by atoms with Gasteiger partial charge >= 0.3 is 0 Å². The minimum atomic E-state index is -0.105. The van der Waals surface area contributed by atoms with E-state index in [-0.39, 0.29) is 12.0 Å². The number of para-hydroxylation sites is 2. The molecule has 0 saturated heterocycles. The van der Waals surface area contributed by atoms with Crippen LogP contribution in [0.5, 0.6) is 0 Å². The van der Waals surface area contributed by atoms with Crippen LogP contribution in [0.25, 0.3) is 32.5 Å². The molecular weight excluding hydrogens is 426 g/mol. The number of likely N-dealkylation sites (N-methyl/N-ethyl adjacent to an activating group) is 1. The van der Waals surface area contributed by atoms with Crippen molar-refractivity contribution in [3.8, 4) is 15.8 Å². The van der Waals surface area contributed by atoms with Crippen LogP contribution < -0.4 is 4.90 Å². The van der Waals surface area contributed by atoms with E-state index in [9.17, 15) is 10.4 Å². The summed E-state index contributed by atoms with van der Waals surface area (Å²) >= 11 is 3.46. The number of benzene rings is 1. The lowest BCUT2D eigenvalue weighted by Crippen LogP contribution is -2.20. The van der Waals surface area contributed by atoms with Gasteiger partial charge in [0.05, 0.1) is 16.5 Å². The van der Waals surface area contributed by atoms with Crippen molar-refractivity contribution < 1.29 is 9.52 Å². The van der Waals surface area contributed by atoms with Crippen LogP contribution in [0.15, 0.2) is 40.8 Å². The molecule has 1 aliphatic rings. The highest BCUT2D eigenvalue weighted by Crippen LogP contribution is 2.57. The van der Waals surface area contributed by atoms with E-state index in [1.54, 1.807) is 22.7 Å². The lowest BCUT2D eigenvalue weighted by molar-refractivity contribution is 0.304. The van der Waals surface area contributed by atoms with Gasteiger partial charge in [-0.25, -0.2) is 4.98 Å². The number of hydrogen-bond donors (Lipinski definition) is 1. The van der Waals surface area contributed by atoms with Crippen LogP contribution in [0, 0.1) is 11.3 Å². The van der Waals surface area contributed by atoms with Gasteiger partial charge in [-0.3, -0.25) is 0 Å². The fourth-order valence-corrected chi connectivity index (χ4v) is 6.72. The van der Waals surface area contributed by atoms with Crippen molar-refractivity contribution in [2.45, 2.75) is 19.3 Å². The maximum Gasteiger partial charge on any atom is 0.238 e. The molecule has 0 bridgehead atoms. The minimum absolute atomic E-state index is 0.105. The zero-order valence-corrected chi connectivity index (χ0v) is 19.1. The first kappa shape index (κ1) is 20.0. The number of aliphatic hydroxyl groups excluding tert-OH is 1. The molecule has 0 amide bonds. The quantitative estimate of drug-likeness (QED) is 0.394. The van der Waals surface area contributed by atoms with Gasteiger partial charge in [-0.1, -0.05) is 26.0 Å². The Hall–Kier alpha value is -2.92. The SMILES string of the molecule is CN(CCO)c1cc2c(s1)-c1sc(/C=C(\C#N)c3nc4ccccc4o3)cc1C2(C)C. The second-order valence-electron chi connectivity index (χ2n) is 8.15. The maximum absolute atomic E-state index is 9.75. The van der Waals surface area contributed by atoms with E-state index in [1.165, 1.54) is 20.9 Å². The molecule has 5 rings (SSSR count). The summed E-state index contributed by atoms with van der Waals surface area (Å²) in [5, 5.41) is 20.2. The second-order valence-corrected chi connectivity index (χ2v) is 10.3. The van der Waals surface area contributed by atoms with Gasteiger partial charge in [0.2, 0.25) is 5.89 Å². The Labute approximate surface area is 188 Å². The van der Waals surface area contributed by atoms with Gasteiger partial charge in [-0.05, 0) is 41.5 Å². The lowest BCUT2D eigenvalue weighted by Gasteiger charge is -2.20. The topological polar surface area (TPSA) is 73.3 Å². The maximum atomic E-state index is 9.75. The number of thiophene rings is 2. The molecule has 0 fully saturated rings. The number of aliphatic hydroxyl groups is 1. The van der Waals surface area contributed by atoms with Crippen molar-refractivity contribution in [3.63, 3.8) is 0 Å². The number of oxazole rings is 1. The fourth-order valence-electron chi connectivity index (χ4n) is 3.99. The summed E-state index contributed by atoms with van der Waals surface area (Å²) in [5.74, 6) is 0.348. The molecule has 1 aliphatic carbocycles. The third-order valence-electron chi connectivity index (χ3n) is 5.77. The van der Waals surface area contributed by atoms with Gasteiger partial charge in [0.25, 0.3) is 0 Å². The molecule has 4 aromatic rings. The van der Waals surface area contributed by atoms with Crippen molar-refractivity contribution in [1.29, 1.82) is 5.26 Å². The van der Waals surface area contributed by atoms with Gasteiger partial charge in [0, 0.05) is 28.8 Å². The summed E-state index contributed by atoms with van der Waals surface area (Å²) in [4.78, 5) is 10.1.